The van der Waals surface area contributed by atoms with E-state index in [4.69, 9.17) is 30.5 Å². The van der Waals surface area contributed by atoms with E-state index in [-0.39, 0.29) is 31.5 Å². The summed E-state index contributed by atoms with van der Waals surface area (Å²) in [5.74, 6) is -0.610. The molecule has 3 aromatic rings. The number of ether oxygens (including phenoxy) is 4. The smallest absolute Gasteiger partial charge is 0.407 e. The van der Waals surface area contributed by atoms with Gasteiger partial charge in [-0.3, -0.25) is 9.59 Å². The van der Waals surface area contributed by atoms with E-state index >= 15 is 0 Å². The van der Waals surface area contributed by atoms with Crippen molar-refractivity contribution in [3.05, 3.63) is 88.2 Å². The molecule has 10 nitrogen and oxygen atoms in total. The molecule has 49 heavy (non-hydrogen) atoms. The zero-order valence-electron chi connectivity index (χ0n) is 29.0. The molecule has 1 aliphatic heterocycles. The summed E-state index contributed by atoms with van der Waals surface area (Å²) < 4.78 is 38.0. The third kappa shape index (κ3) is 10.3. The molecule has 3 aromatic carbocycles. The van der Waals surface area contributed by atoms with Gasteiger partial charge in [-0.25, -0.2) is 9.18 Å². The Labute approximate surface area is 292 Å². The Morgan fingerprint density at radius 1 is 0.980 bits per heavy atom. The second kappa shape index (κ2) is 15.9. The average Bonchev–Trinajstić information content (AvgIpc) is 3.11. The monoisotopic (exact) mass is 697 g/mol. The van der Waals surface area contributed by atoms with E-state index in [1.54, 1.807) is 80.3 Å². The molecule has 0 aromatic heterocycles. The Morgan fingerprint density at radius 2 is 1.71 bits per heavy atom. The lowest BCUT2D eigenvalue weighted by Crippen LogP contribution is -2.45. The van der Waals surface area contributed by atoms with Crippen LogP contribution in [0.1, 0.15) is 70.8 Å². The van der Waals surface area contributed by atoms with Gasteiger partial charge in [0.2, 0.25) is 5.91 Å². The van der Waals surface area contributed by atoms with Crippen LogP contribution in [-0.4, -0.2) is 56.4 Å². The van der Waals surface area contributed by atoms with E-state index < -0.39 is 41.5 Å². The van der Waals surface area contributed by atoms with Crippen LogP contribution in [0.25, 0.3) is 0 Å². The molecule has 0 bridgehead atoms. The highest BCUT2D eigenvalue weighted by atomic mass is 35.5. The summed E-state index contributed by atoms with van der Waals surface area (Å²) in [6, 6.07) is 16.6. The molecule has 4 rings (SSSR count). The van der Waals surface area contributed by atoms with Crippen molar-refractivity contribution in [2.75, 3.05) is 31.7 Å². The zero-order valence-corrected chi connectivity index (χ0v) is 29.8. The molecule has 3 amide bonds. The van der Waals surface area contributed by atoms with Crippen molar-refractivity contribution >= 4 is 35.2 Å². The van der Waals surface area contributed by atoms with Crippen molar-refractivity contribution in [2.24, 2.45) is 5.41 Å². The molecule has 0 aliphatic carbocycles. The number of amides is 3. The first kappa shape index (κ1) is 37.5. The number of methoxy groups -OCH3 is 1. The van der Waals surface area contributed by atoms with Gasteiger partial charge in [-0.15, -0.1) is 0 Å². The summed E-state index contributed by atoms with van der Waals surface area (Å²) in [5.41, 5.74) is 1.08. The molecular weight excluding hydrogens is 653 g/mol. The Hall–Kier alpha value is -4.35. The van der Waals surface area contributed by atoms with Crippen LogP contribution in [0.5, 0.6) is 11.5 Å². The fourth-order valence-corrected chi connectivity index (χ4v) is 5.54. The highest BCUT2D eigenvalue weighted by molar-refractivity contribution is 6.30. The summed E-state index contributed by atoms with van der Waals surface area (Å²) in [5, 5.41) is 5.81. The number of nitrogens with zero attached hydrogens (tertiary/aromatic N) is 1. The molecule has 0 saturated carbocycles. The van der Waals surface area contributed by atoms with Crippen LogP contribution in [0.3, 0.4) is 0 Å². The van der Waals surface area contributed by atoms with Crippen LogP contribution >= 0.6 is 11.6 Å². The highest BCUT2D eigenvalue weighted by Crippen LogP contribution is 2.45. The van der Waals surface area contributed by atoms with E-state index in [1.165, 1.54) is 13.2 Å². The number of carbonyl (C=O) groups is 3. The third-order valence-electron chi connectivity index (χ3n) is 7.37. The van der Waals surface area contributed by atoms with Gasteiger partial charge in [0.1, 0.15) is 30.2 Å². The third-order valence-corrected chi connectivity index (χ3v) is 7.60. The summed E-state index contributed by atoms with van der Waals surface area (Å²) in [4.78, 5) is 41.3. The summed E-state index contributed by atoms with van der Waals surface area (Å²) in [7, 11) is 1.49. The number of para-hydroxylation sites is 1. The maximum absolute atomic E-state index is 14.3. The average molecular weight is 698 g/mol. The predicted octanol–water partition coefficient (Wildman–Crippen LogP) is 6.97. The van der Waals surface area contributed by atoms with Gasteiger partial charge in [0.25, 0.3) is 5.91 Å². The second-order valence-corrected chi connectivity index (χ2v) is 14.4. The van der Waals surface area contributed by atoms with E-state index in [2.05, 4.69) is 10.6 Å². The molecule has 0 fully saturated rings. The van der Waals surface area contributed by atoms with Crippen LogP contribution in [0.15, 0.2) is 60.7 Å². The minimum atomic E-state index is -1.22. The van der Waals surface area contributed by atoms with Crippen molar-refractivity contribution in [1.82, 2.24) is 10.6 Å². The number of hydrogen-bond donors (Lipinski definition) is 2. The first-order valence-electron chi connectivity index (χ1n) is 16.1. The molecule has 0 saturated heterocycles. The number of fused-ring (bicyclic) bond motifs is 1. The molecule has 264 valence electrons. The topological polar surface area (TPSA) is 115 Å². The Bertz CT molecular complexity index is 1650. The van der Waals surface area contributed by atoms with Gasteiger partial charge < -0.3 is 34.5 Å². The maximum atomic E-state index is 14.3. The first-order valence-corrected chi connectivity index (χ1v) is 16.5. The molecule has 1 aliphatic rings. The van der Waals surface area contributed by atoms with Crippen molar-refractivity contribution in [2.45, 2.75) is 72.3 Å². The van der Waals surface area contributed by atoms with E-state index in [1.807, 2.05) is 20.8 Å². The van der Waals surface area contributed by atoms with Crippen LogP contribution in [0, 0.1) is 11.2 Å². The molecule has 1 heterocycles. The van der Waals surface area contributed by atoms with Crippen LogP contribution in [0.4, 0.5) is 14.9 Å². The molecule has 2 N–H and O–H groups in total. The largest absolute Gasteiger partial charge is 0.492 e. The van der Waals surface area contributed by atoms with Crippen molar-refractivity contribution in [1.29, 1.82) is 0 Å². The minimum absolute atomic E-state index is 0.0482. The molecule has 2 atom stereocenters. The summed E-state index contributed by atoms with van der Waals surface area (Å²) in [6.45, 7) is 11.9. The van der Waals surface area contributed by atoms with Gasteiger partial charge >= 0.3 is 6.09 Å². The molecule has 12 heteroatoms. The molecule has 2 unspecified atom stereocenters. The number of hydrogen-bond acceptors (Lipinski definition) is 7. The maximum Gasteiger partial charge on any atom is 0.407 e. The SMILES string of the molecule is COc1c(OCCNC(=O)OC(C)(C)C)cccc1C1OC(CC(=O)NCc2ccccc2F)C(=O)N(CC(C)(C)C)c2ccc(Cl)cc21. The van der Waals surface area contributed by atoms with Crippen LogP contribution in [-0.2, 0) is 25.6 Å². The Balaban J connectivity index is 1.67. The van der Waals surface area contributed by atoms with E-state index in [9.17, 15) is 18.8 Å². The number of nitrogens with one attached hydrogen (secondary N) is 2. The van der Waals surface area contributed by atoms with Crippen molar-refractivity contribution in [3.8, 4) is 11.5 Å². The van der Waals surface area contributed by atoms with E-state index in [0.29, 0.717) is 45.4 Å². The lowest BCUT2D eigenvalue weighted by atomic mass is 9.94. The minimum Gasteiger partial charge on any atom is -0.492 e. The van der Waals surface area contributed by atoms with Gasteiger partial charge in [0.15, 0.2) is 11.5 Å². The fourth-order valence-electron chi connectivity index (χ4n) is 5.36. The van der Waals surface area contributed by atoms with Crippen molar-refractivity contribution < 1.29 is 37.7 Å². The normalized spacial score (nSPS) is 16.3. The van der Waals surface area contributed by atoms with Crippen LogP contribution in [0.2, 0.25) is 5.02 Å². The first-order chi connectivity index (χ1) is 23.1. The van der Waals surface area contributed by atoms with E-state index in [0.717, 1.165) is 0 Å². The Morgan fingerprint density at radius 3 is 2.39 bits per heavy atom. The summed E-state index contributed by atoms with van der Waals surface area (Å²) in [6.07, 6.45) is -3.01. The van der Waals surface area contributed by atoms with Crippen LogP contribution < -0.4 is 25.0 Å². The molecule has 0 spiro atoms. The number of halogens is 2. The zero-order chi connectivity index (χ0) is 35.9. The standard InChI is InChI=1S/C37H45ClFN3O7/c1-36(2,3)22-42-28-16-15-24(38)19-26(28)32(48-30(34(42)44)20-31(43)41-21-23-11-8-9-13-27(23)39)25-12-10-14-29(33(25)46-7)47-18-17-40-35(45)49-37(4,5)6/h8-16,19,30,32H,17-18,20-22H2,1-7H3,(H,40,45)(H,41,43). The number of rotatable bonds is 11. The molecular formula is C37H45ClFN3O7. The molecule has 0 radical (unpaired) electrons. The summed E-state index contributed by atoms with van der Waals surface area (Å²) >= 11 is 6.53. The van der Waals surface area contributed by atoms with Gasteiger partial charge in [-0.05, 0) is 56.5 Å². The van der Waals surface area contributed by atoms with Gasteiger partial charge in [-0.2, -0.15) is 0 Å². The number of alkyl carbamates (subject to hydrolysis) is 1. The van der Waals surface area contributed by atoms with Gasteiger partial charge in [-0.1, -0.05) is 62.7 Å². The Kier molecular flexibility index (Phi) is 12.2. The number of anilines is 1. The number of carbonyl (C=O) groups excluding carboxylic acids is 3. The van der Waals surface area contributed by atoms with Gasteiger partial charge in [0.05, 0.1) is 20.1 Å². The van der Waals surface area contributed by atoms with Crippen molar-refractivity contribution in [3.63, 3.8) is 0 Å². The fraction of sp³-hybridized carbons (Fsp3) is 0.432. The highest BCUT2D eigenvalue weighted by Gasteiger charge is 2.40. The van der Waals surface area contributed by atoms with Gasteiger partial charge in [0, 0.05) is 40.5 Å². The quantitative estimate of drug-likeness (QED) is 0.208. The predicted molar refractivity (Wildman–Crippen MR) is 186 cm³/mol. The lowest BCUT2D eigenvalue weighted by molar-refractivity contribution is -0.138. The lowest BCUT2D eigenvalue weighted by Gasteiger charge is -2.31. The second-order valence-electron chi connectivity index (χ2n) is 13.9. The number of benzene rings is 3.